The molecule has 0 fully saturated rings. The summed E-state index contributed by atoms with van der Waals surface area (Å²) < 4.78 is 0. The fourth-order valence-corrected chi connectivity index (χ4v) is 2.35. The van der Waals surface area contributed by atoms with Gasteiger partial charge in [0.1, 0.15) is 12.2 Å². The highest BCUT2D eigenvalue weighted by Crippen LogP contribution is 2.07. The second kappa shape index (κ2) is 15.8. The van der Waals surface area contributed by atoms with E-state index in [0.717, 1.165) is 32.4 Å². The molecule has 0 aromatic carbocycles. The van der Waals surface area contributed by atoms with Crippen molar-refractivity contribution < 1.29 is 25.2 Å². The molecular weight excluding hydrogens is 312 g/mol. The number of rotatable bonds is 16. The van der Waals surface area contributed by atoms with E-state index in [0.29, 0.717) is 6.54 Å². The van der Waals surface area contributed by atoms with E-state index < -0.39 is 30.8 Å². The Hall–Kier alpha value is -0.730. The van der Waals surface area contributed by atoms with Crippen molar-refractivity contribution in [1.29, 1.82) is 0 Å². The van der Waals surface area contributed by atoms with Gasteiger partial charge in [0.15, 0.2) is 6.10 Å². The molecule has 0 heterocycles. The Morgan fingerprint density at radius 1 is 0.875 bits per heavy atom. The van der Waals surface area contributed by atoms with Gasteiger partial charge in [-0.3, -0.25) is 4.79 Å². The number of unbranched alkanes of at least 4 members (excludes halogenated alkanes) is 6. The molecule has 0 saturated heterocycles. The predicted molar refractivity (Wildman–Crippen MR) is 93.6 cm³/mol. The summed E-state index contributed by atoms with van der Waals surface area (Å²) >= 11 is 0. The Morgan fingerprint density at radius 2 is 1.42 bits per heavy atom. The molecule has 7 heteroatoms. The molecule has 3 atom stereocenters. The minimum Gasteiger partial charge on any atom is -0.394 e. The van der Waals surface area contributed by atoms with E-state index >= 15 is 0 Å². The Morgan fingerprint density at radius 3 is 1.96 bits per heavy atom. The van der Waals surface area contributed by atoms with Gasteiger partial charge in [0.25, 0.3) is 5.91 Å². The molecule has 0 bridgehead atoms. The summed E-state index contributed by atoms with van der Waals surface area (Å²) in [5.74, 6) is -0.727. The van der Waals surface area contributed by atoms with Gasteiger partial charge in [-0.1, -0.05) is 39.0 Å². The highest BCUT2D eigenvalue weighted by atomic mass is 16.4. The third kappa shape index (κ3) is 11.8. The van der Waals surface area contributed by atoms with Crippen LogP contribution in [0.2, 0.25) is 0 Å². The average Bonchev–Trinajstić information content (AvgIpc) is 2.60. The van der Waals surface area contributed by atoms with E-state index in [9.17, 15) is 20.1 Å². The van der Waals surface area contributed by atoms with Crippen LogP contribution in [0.25, 0.3) is 0 Å². The highest BCUT2D eigenvalue weighted by molar-refractivity contribution is 5.81. The second-order valence-electron chi connectivity index (χ2n) is 6.20. The molecule has 0 aromatic heterocycles. The van der Waals surface area contributed by atoms with Crippen molar-refractivity contribution in [3.63, 3.8) is 0 Å². The maximum Gasteiger partial charge on any atom is 0.251 e. The lowest BCUT2D eigenvalue weighted by Gasteiger charge is -2.20. The van der Waals surface area contributed by atoms with Gasteiger partial charge in [0.2, 0.25) is 0 Å². The Kier molecular flexibility index (Phi) is 15.3. The summed E-state index contributed by atoms with van der Waals surface area (Å²) in [5.41, 5.74) is 0. The van der Waals surface area contributed by atoms with Gasteiger partial charge in [0, 0.05) is 6.54 Å². The summed E-state index contributed by atoms with van der Waals surface area (Å²) in [7, 11) is 0. The first kappa shape index (κ1) is 23.3. The normalized spacial score (nSPS) is 15.0. The molecule has 0 unspecified atom stereocenters. The first-order chi connectivity index (χ1) is 11.5. The fourth-order valence-electron chi connectivity index (χ4n) is 2.35. The molecule has 0 aliphatic rings. The van der Waals surface area contributed by atoms with Crippen molar-refractivity contribution in [2.24, 2.45) is 0 Å². The number of aliphatic hydroxyl groups is 4. The van der Waals surface area contributed by atoms with Crippen molar-refractivity contribution >= 4 is 5.91 Å². The minimum atomic E-state index is -1.73. The zero-order chi connectivity index (χ0) is 18.2. The molecule has 0 aromatic rings. The molecule has 0 spiro atoms. The first-order valence-electron chi connectivity index (χ1n) is 9.18. The topological polar surface area (TPSA) is 122 Å². The van der Waals surface area contributed by atoms with Crippen molar-refractivity contribution in [2.45, 2.75) is 76.6 Å². The van der Waals surface area contributed by atoms with E-state index in [4.69, 9.17) is 5.11 Å². The zero-order valence-electron chi connectivity index (χ0n) is 14.9. The van der Waals surface area contributed by atoms with Crippen LogP contribution in [-0.4, -0.2) is 70.9 Å². The van der Waals surface area contributed by atoms with Crippen molar-refractivity contribution in [3.05, 3.63) is 0 Å². The lowest BCUT2D eigenvalue weighted by atomic mass is 10.1. The van der Waals surface area contributed by atoms with Crippen LogP contribution in [0.4, 0.5) is 0 Å². The van der Waals surface area contributed by atoms with E-state index in [2.05, 4.69) is 17.6 Å². The standard InChI is InChI=1S/C17H36N2O5/c1-2-10-18-11-8-6-4-3-5-7-9-12-19-17(24)16(23)15(22)14(21)13-20/h14-16,18,20-23H,2-13H2,1H3,(H,19,24)/t14-,15-,16-/m1/s1. The second-order valence-corrected chi connectivity index (χ2v) is 6.20. The molecule has 0 aliphatic heterocycles. The molecular formula is C17H36N2O5. The van der Waals surface area contributed by atoms with Crippen molar-refractivity contribution in [1.82, 2.24) is 10.6 Å². The van der Waals surface area contributed by atoms with E-state index in [1.54, 1.807) is 0 Å². The third-order valence-electron chi connectivity index (χ3n) is 3.93. The summed E-state index contributed by atoms with van der Waals surface area (Å²) in [4.78, 5) is 11.6. The Balaban J connectivity index is 3.45. The van der Waals surface area contributed by atoms with Gasteiger partial charge < -0.3 is 31.1 Å². The molecule has 0 rings (SSSR count). The van der Waals surface area contributed by atoms with Gasteiger partial charge in [-0.05, 0) is 32.4 Å². The zero-order valence-corrected chi connectivity index (χ0v) is 14.9. The Labute approximate surface area is 145 Å². The summed E-state index contributed by atoms with van der Waals surface area (Å²) in [6.07, 6.45) is 4.05. The molecule has 0 saturated carbocycles. The summed E-state index contributed by atoms with van der Waals surface area (Å²) in [6, 6.07) is 0. The number of hydrogen-bond acceptors (Lipinski definition) is 6. The van der Waals surface area contributed by atoms with Crippen molar-refractivity contribution in [3.8, 4) is 0 Å². The number of carbonyl (C=O) groups excluding carboxylic acids is 1. The first-order valence-corrected chi connectivity index (χ1v) is 9.18. The quantitative estimate of drug-likeness (QED) is 0.217. The van der Waals surface area contributed by atoms with Gasteiger partial charge in [-0.25, -0.2) is 0 Å². The molecule has 0 aliphatic carbocycles. The number of amides is 1. The maximum atomic E-state index is 11.6. The van der Waals surface area contributed by atoms with Crippen LogP contribution >= 0.6 is 0 Å². The van der Waals surface area contributed by atoms with Crippen LogP contribution in [0.5, 0.6) is 0 Å². The number of nitrogens with one attached hydrogen (secondary N) is 2. The van der Waals surface area contributed by atoms with Crippen LogP contribution < -0.4 is 10.6 Å². The largest absolute Gasteiger partial charge is 0.394 e. The molecule has 144 valence electrons. The maximum absolute atomic E-state index is 11.6. The van der Waals surface area contributed by atoms with Gasteiger partial charge >= 0.3 is 0 Å². The van der Waals surface area contributed by atoms with Gasteiger partial charge in [-0.15, -0.1) is 0 Å². The lowest BCUT2D eigenvalue weighted by molar-refractivity contribution is -0.142. The lowest BCUT2D eigenvalue weighted by Crippen LogP contribution is -2.48. The van der Waals surface area contributed by atoms with Gasteiger partial charge in [0.05, 0.1) is 6.61 Å². The van der Waals surface area contributed by atoms with E-state index in [-0.39, 0.29) is 0 Å². The minimum absolute atomic E-state index is 0.429. The number of carbonyl (C=O) groups is 1. The smallest absolute Gasteiger partial charge is 0.251 e. The van der Waals surface area contributed by atoms with Crippen LogP contribution in [0.1, 0.15) is 58.3 Å². The fraction of sp³-hybridized carbons (Fsp3) is 0.941. The third-order valence-corrected chi connectivity index (χ3v) is 3.93. The van der Waals surface area contributed by atoms with Crippen LogP contribution in [0, 0.1) is 0 Å². The van der Waals surface area contributed by atoms with Gasteiger partial charge in [-0.2, -0.15) is 0 Å². The molecule has 24 heavy (non-hydrogen) atoms. The monoisotopic (exact) mass is 348 g/mol. The molecule has 1 amide bonds. The Bertz CT molecular complexity index is 305. The SMILES string of the molecule is CCCNCCCCCCCCCNC(=O)[C@H](O)[C@H](O)[C@H](O)CO. The predicted octanol–water partition coefficient (Wildman–Crippen LogP) is -0.0921. The van der Waals surface area contributed by atoms with E-state index in [1.807, 2.05) is 0 Å². The summed E-state index contributed by atoms with van der Waals surface area (Å²) in [6.45, 7) is 4.07. The molecule has 7 nitrogen and oxygen atoms in total. The molecule has 0 radical (unpaired) electrons. The summed E-state index contributed by atoms with van der Waals surface area (Å²) in [5, 5.41) is 42.7. The van der Waals surface area contributed by atoms with Crippen LogP contribution in [0.3, 0.4) is 0 Å². The van der Waals surface area contributed by atoms with Crippen LogP contribution in [-0.2, 0) is 4.79 Å². The average molecular weight is 348 g/mol. The highest BCUT2D eigenvalue weighted by Gasteiger charge is 2.29. The van der Waals surface area contributed by atoms with E-state index in [1.165, 1.54) is 32.1 Å². The molecule has 6 N–H and O–H groups in total. The number of aliphatic hydroxyl groups excluding tert-OH is 4. The van der Waals surface area contributed by atoms with Crippen LogP contribution in [0.15, 0.2) is 0 Å². The van der Waals surface area contributed by atoms with Crippen molar-refractivity contribution in [2.75, 3.05) is 26.2 Å². The number of hydrogen-bond donors (Lipinski definition) is 6.